The van der Waals surface area contributed by atoms with Crippen molar-refractivity contribution in [2.75, 3.05) is 31.1 Å². The van der Waals surface area contributed by atoms with E-state index in [1.807, 2.05) is 60.4 Å². The molecular formula is C18H22N4O. The number of piperazine rings is 1. The predicted molar refractivity (Wildman–Crippen MR) is 91.4 cm³/mol. The maximum Gasteiger partial charge on any atom is 0.317 e. The van der Waals surface area contributed by atoms with Gasteiger partial charge in [-0.1, -0.05) is 36.4 Å². The van der Waals surface area contributed by atoms with Gasteiger partial charge in [-0.25, -0.2) is 9.78 Å². The molecular weight excluding hydrogens is 288 g/mol. The molecule has 0 aliphatic carbocycles. The summed E-state index contributed by atoms with van der Waals surface area (Å²) >= 11 is 0. The highest BCUT2D eigenvalue weighted by molar-refractivity contribution is 5.75. The van der Waals surface area contributed by atoms with Crippen LogP contribution in [-0.4, -0.2) is 42.1 Å². The van der Waals surface area contributed by atoms with E-state index >= 15 is 0 Å². The summed E-state index contributed by atoms with van der Waals surface area (Å²) in [6, 6.07) is 15.9. The quantitative estimate of drug-likeness (QED) is 0.948. The normalized spacial score (nSPS) is 16.0. The molecule has 120 valence electrons. The van der Waals surface area contributed by atoms with Gasteiger partial charge in [0.15, 0.2) is 0 Å². The molecule has 0 radical (unpaired) electrons. The van der Waals surface area contributed by atoms with E-state index < -0.39 is 0 Å². The number of hydrogen-bond donors (Lipinski definition) is 1. The van der Waals surface area contributed by atoms with Crippen LogP contribution in [0.15, 0.2) is 54.7 Å². The van der Waals surface area contributed by atoms with Gasteiger partial charge in [-0.05, 0) is 24.6 Å². The molecule has 0 bridgehead atoms. The minimum absolute atomic E-state index is 0.00187. The molecule has 2 amide bonds. The molecule has 0 saturated carbocycles. The van der Waals surface area contributed by atoms with Crippen LogP contribution in [0.3, 0.4) is 0 Å². The second kappa shape index (κ2) is 7.13. The summed E-state index contributed by atoms with van der Waals surface area (Å²) in [6.45, 7) is 5.06. The van der Waals surface area contributed by atoms with Gasteiger partial charge in [0, 0.05) is 32.4 Å². The van der Waals surface area contributed by atoms with Crippen molar-refractivity contribution in [3.63, 3.8) is 0 Å². The average molecular weight is 310 g/mol. The number of nitrogens with zero attached hydrogens (tertiary/aromatic N) is 3. The van der Waals surface area contributed by atoms with Crippen molar-refractivity contribution in [2.24, 2.45) is 0 Å². The van der Waals surface area contributed by atoms with Crippen LogP contribution in [-0.2, 0) is 0 Å². The third kappa shape index (κ3) is 3.80. The van der Waals surface area contributed by atoms with E-state index in [-0.39, 0.29) is 12.1 Å². The molecule has 1 atom stereocenters. The summed E-state index contributed by atoms with van der Waals surface area (Å²) in [5.41, 5.74) is 1.12. The zero-order valence-corrected chi connectivity index (χ0v) is 13.4. The molecule has 5 heteroatoms. The van der Waals surface area contributed by atoms with Crippen LogP contribution in [0, 0.1) is 0 Å². The number of hydrogen-bond acceptors (Lipinski definition) is 3. The van der Waals surface area contributed by atoms with Crippen LogP contribution >= 0.6 is 0 Å². The number of aromatic nitrogens is 1. The Morgan fingerprint density at radius 1 is 1.04 bits per heavy atom. The molecule has 3 rings (SSSR count). The van der Waals surface area contributed by atoms with Gasteiger partial charge in [-0.2, -0.15) is 0 Å². The monoisotopic (exact) mass is 310 g/mol. The topological polar surface area (TPSA) is 48.5 Å². The van der Waals surface area contributed by atoms with Crippen molar-refractivity contribution in [3.05, 3.63) is 60.3 Å². The number of benzene rings is 1. The van der Waals surface area contributed by atoms with E-state index in [0.717, 1.165) is 24.5 Å². The number of pyridine rings is 1. The second-order valence-corrected chi connectivity index (χ2v) is 5.74. The smallest absolute Gasteiger partial charge is 0.317 e. The van der Waals surface area contributed by atoms with E-state index in [0.29, 0.717) is 13.1 Å². The Kier molecular flexibility index (Phi) is 4.76. The third-order valence-corrected chi connectivity index (χ3v) is 4.18. The van der Waals surface area contributed by atoms with Crippen molar-refractivity contribution < 1.29 is 4.79 Å². The highest BCUT2D eigenvalue weighted by atomic mass is 16.2. The standard InChI is InChI=1S/C18H22N4O/c1-15(16-7-3-2-4-8-16)20-18(23)22-13-11-21(12-14-22)17-9-5-6-10-19-17/h2-10,15H,11-14H2,1H3,(H,20,23). The number of urea groups is 1. The molecule has 5 nitrogen and oxygen atoms in total. The SMILES string of the molecule is CC(NC(=O)N1CCN(c2ccccn2)CC1)c1ccccc1. The molecule has 0 spiro atoms. The van der Waals surface area contributed by atoms with Crippen molar-refractivity contribution in [2.45, 2.75) is 13.0 Å². The first-order valence-corrected chi connectivity index (χ1v) is 8.00. The van der Waals surface area contributed by atoms with Crippen LogP contribution < -0.4 is 10.2 Å². The van der Waals surface area contributed by atoms with Gasteiger partial charge in [-0.15, -0.1) is 0 Å². The average Bonchev–Trinajstić information content (AvgIpc) is 2.63. The Morgan fingerprint density at radius 3 is 2.39 bits per heavy atom. The lowest BCUT2D eigenvalue weighted by Gasteiger charge is -2.35. The molecule has 1 N–H and O–H groups in total. The molecule has 2 aromatic rings. The summed E-state index contributed by atoms with van der Waals surface area (Å²) in [5, 5.41) is 3.07. The summed E-state index contributed by atoms with van der Waals surface area (Å²) < 4.78 is 0. The van der Waals surface area contributed by atoms with Crippen LogP contribution in [0.25, 0.3) is 0 Å². The van der Waals surface area contributed by atoms with E-state index in [4.69, 9.17) is 0 Å². The van der Waals surface area contributed by atoms with Gasteiger partial charge < -0.3 is 15.1 Å². The van der Waals surface area contributed by atoms with Gasteiger partial charge in [-0.3, -0.25) is 0 Å². The molecule has 1 saturated heterocycles. The minimum atomic E-state index is 0.00187. The number of rotatable bonds is 3. The first kappa shape index (κ1) is 15.3. The largest absolute Gasteiger partial charge is 0.353 e. The highest BCUT2D eigenvalue weighted by Gasteiger charge is 2.22. The number of anilines is 1. The molecule has 1 unspecified atom stereocenters. The van der Waals surface area contributed by atoms with Gasteiger partial charge in [0.05, 0.1) is 6.04 Å². The van der Waals surface area contributed by atoms with Crippen LogP contribution in [0.2, 0.25) is 0 Å². The van der Waals surface area contributed by atoms with Crippen molar-refractivity contribution in [1.82, 2.24) is 15.2 Å². The zero-order chi connectivity index (χ0) is 16.1. The summed E-state index contributed by atoms with van der Waals surface area (Å²) in [5.74, 6) is 0.977. The molecule has 1 aliphatic rings. The fraction of sp³-hybridized carbons (Fsp3) is 0.333. The minimum Gasteiger partial charge on any atom is -0.353 e. The summed E-state index contributed by atoms with van der Waals surface area (Å²) in [4.78, 5) is 20.9. The number of carbonyl (C=O) groups excluding carboxylic acids is 1. The third-order valence-electron chi connectivity index (χ3n) is 4.18. The zero-order valence-electron chi connectivity index (χ0n) is 13.4. The Balaban J connectivity index is 1.52. The Hall–Kier alpha value is -2.56. The molecule has 1 aliphatic heterocycles. The van der Waals surface area contributed by atoms with Crippen LogP contribution in [0.1, 0.15) is 18.5 Å². The second-order valence-electron chi connectivity index (χ2n) is 5.74. The van der Waals surface area contributed by atoms with Crippen LogP contribution in [0.5, 0.6) is 0 Å². The number of carbonyl (C=O) groups is 1. The van der Waals surface area contributed by atoms with Gasteiger partial charge in [0.25, 0.3) is 0 Å². The van der Waals surface area contributed by atoms with Crippen molar-refractivity contribution >= 4 is 11.8 Å². The number of nitrogens with one attached hydrogen (secondary N) is 1. The fourth-order valence-corrected chi connectivity index (χ4v) is 2.78. The first-order chi connectivity index (χ1) is 11.2. The maximum atomic E-state index is 12.4. The highest BCUT2D eigenvalue weighted by Crippen LogP contribution is 2.14. The van der Waals surface area contributed by atoms with E-state index in [1.54, 1.807) is 6.20 Å². The fourth-order valence-electron chi connectivity index (χ4n) is 2.78. The molecule has 23 heavy (non-hydrogen) atoms. The van der Waals surface area contributed by atoms with Gasteiger partial charge in [0.2, 0.25) is 0 Å². The predicted octanol–water partition coefficient (Wildman–Crippen LogP) is 2.67. The van der Waals surface area contributed by atoms with E-state index in [9.17, 15) is 4.79 Å². The van der Waals surface area contributed by atoms with Crippen molar-refractivity contribution in [3.8, 4) is 0 Å². The molecule has 1 fully saturated rings. The van der Waals surface area contributed by atoms with Crippen molar-refractivity contribution in [1.29, 1.82) is 0 Å². The summed E-state index contributed by atoms with van der Waals surface area (Å²) in [7, 11) is 0. The van der Waals surface area contributed by atoms with E-state index in [2.05, 4.69) is 15.2 Å². The molecule has 1 aromatic heterocycles. The molecule has 2 heterocycles. The Bertz CT molecular complexity index is 624. The van der Waals surface area contributed by atoms with Crippen LogP contribution in [0.4, 0.5) is 10.6 Å². The number of amides is 2. The lowest BCUT2D eigenvalue weighted by molar-refractivity contribution is 0.191. The summed E-state index contributed by atoms with van der Waals surface area (Å²) in [6.07, 6.45) is 1.80. The first-order valence-electron chi connectivity index (χ1n) is 8.00. The van der Waals surface area contributed by atoms with Gasteiger partial charge in [0.1, 0.15) is 5.82 Å². The lowest BCUT2D eigenvalue weighted by atomic mass is 10.1. The Labute approximate surface area is 136 Å². The van der Waals surface area contributed by atoms with Gasteiger partial charge >= 0.3 is 6.03 Å². The lowest BCUT2D eigenvalue weighted by Crippen LogP contribution is -2.52. The molecule has 1 aromatic carbocycles. The van der Waals surface area contributed by atoms with E-state index in [1.165, 1.54) is 0 Å². The Morgan fingerprint density at radius 2 is 1.74 bits per heavy atom. The maximum absolute atomic E-state index is 12.4.